The second-order valence-electron chi connectivity index (χ2n) is 3.21. The maximum atomic E-state index is 11.0. The van der Waals surface area contributed by atoms with Crippen LogP contribution in [0.3, 0.4) is 0 Å². The predicted molar refractivity (Wildman–Crippen MR) is 54.1 cm³/mol. The van der Waals surface area contributed by atoms with E-state index in [-0.39, 0.29) is 12.4 Å². The van der Waals surface area contributed by atoms with Crippen LogP contribution < -0.4 is 0 Å². The van der Waals surface area contributed by atoms with Gasteiger partial charge in [0.15, 0.2) is 0 Å². The largest absolute Gasteiger partial charge is 0.469 e. The minimum absolute atomic E-state index is 0.245. The van der Waals surface area contributed by atoms with Crippen LogP contribution in [0.5, 0.6) is 0 Å². The van der Waals surface area contributed by atoms with Gasteiger partial charge in [-0.2, -0.15) is 0 Å². The number of aromatic nitrogens is 1. The molecular formula is C11H15NO2. The van der Waals surface area contributed by atoms with Gasteiger partial charge in [0.2, 0.25) is 0 Å². The number of nitrogens with zero attached hydrogens (tertiary/aromatic N) is 1. The van der Waals surface area contributed by atoms with Gasteiger partial charge in [-0.05, 0) is 31.0 Å². The Labute approximate surface area is 84.1 Å². The average Bonchev–Trinajstić information content (AvgIpc) is 2.16. The van der Waals surface area contributed by atoms with Crippen LogP contribution in [0.4, 0.5) is 0 Å². The third-order valence-corrected chi connectivity index (χ3v) is 2.03. The van der Waals surface area contributed by atoms with E-state index in [4.69, 9.17) is 0 Å². The molecule has 0 amide bonds. The SMILES string of the molecule is CCc1cc(C)nc(CC(=O)OC)c1. The molecule has 1 aromatic heterocycles. The lowest BCUT2D eigenvalue weighted by Crippen LogP contribution is -2.07. The first-order chi connectivity index (χ1) is 6.65. The van der Waals surface area contributed by atoms with E-state index in [0.29, 0.717) is 0 Å². The quantitative estimate of drug-likeness (QED) is 0.685. The third-order valence-electron chi connectivity index (χ3n) is 2.03. The van der Waals surface area contributed by atoms with Crippen molar-refractivity contribution >= 4 is 5.97 Å². The highest BCUT2D eigenvalue weighted by Crippen LogP contribution is 2.07. The number of rotatable bonds is 3. The lowest BCUT2D eigenvalue weighted by atomic mass is 10.1. The summed E-state index contributed by atoms with van der Waals surface area (Å²) >= 11 is 0. The molecule has 3 nitrogen and oxygen atoms in total. The Hall–Kier alpha value is -1.38. The first kappa shape index (κ1) is 10.7. The van der Waals surface area contributed by atoms with Gasteiger partial charge in [0.25, 0.3) is 0 Å². The number of hydrogen-bond acceptors (Lipinski definition) is 3. The summed E-state index contributed by atoms with van der Waals surface area (Å²) in [6.45, 7) is 4.01. The van der Waals surface area contributed by atoms with E-state index in [2.05, 4.69) is 16.6 Å². The Morgan fingerprint density at radius 2 is 2.21 bits per heavy atom. The Bertz CT molecular complexity index is 334. The van der Waals surface area contributed by atoms with E-state index < -0.39 is 0 Å². The number of ether oxygens (including phenoxy) is 1. The highest BCUT2D eigenvalue weighted by atomic mass is 16.5. The van der Waals surface area contributed by atoms with Gasteiger partial charge in [-0.3, -0.25) is 9.78 Å². The monoisotopic (exact) mass is 193 g/mol. The van der Waals surface area contributed by atoms with Crippen molar-refractivity contribution in [3.05, 3.63) is 29.1 Å². The summed E-state index contributed by atoms with van der Waals surface area (Å²) < 4.78 is 4.59. The molecule has 0 aliphatic carbocycles. The number of carbonyl (C=O) groups excluding carboxylic acids is 1. The zero-order valence-electron chi connectivity index (χ0n) is 8.83. The van der Waals surface area contributed by atoms with Gasteiger partial charge < -0.3 is 4.74 Å². The summed E-state index contributed by atoms with van der Waals surface area (Å²) in [6, 6.07) is 3.98. The fourth-order valence-corrected chi connectivity index (χ4v) is 1.33. The highest BCUT2D eigenvalue weighted by molar-refractivity contribution is 5.71. The van der Waals surface area contributed by atoms with Gasteiger partial charge in [-0.1, -0.05) is 6.92 Å². The van der Waals surface area contributed by atoms with E-state index in [1.807, 2.05) is 19.1 Å². The van der Waals surface area contributed by atoms with Crippen molar-refractivity contribution in [2.75, 3.05) is 7.11 Å². The first-order valence-corrected chi connectivity index (χ1v) is 4.69. The number of aryl methyl sites for hydroxylation is 2. The van der Waals surface area contributed by atoms with Gasteiger partial charge in [-0.25, -0.2) is 0 Å². The van der Waals surface area contributed by atoms with E-state index in [1.54, 1.807) is 0 Å². The van der Waals surface area contributed by atoms with Crippen LogP contribution in [-0.2, 0) is 22.4 Å². The molecule has 1 heterocycles. The Kier molecular flexibility index (Phi) is 3.63. The molecule has 1 rings (SSSR count). The van der Waals surface area contributed by atoms with Crippen molar-refractivity contribution in [3.8, 4) is 0 Å². The van der Waals surface area contributed by atoms with Crippen molar-refractivity contribution < 1.29 is 9.53 Å². The van der Waals surface area contributed by atoms with Crippen LogP contribution in [0, 0.1) is 6.92 Å². The van der Waals surface area contributed by atoms with Gasteiger partial charge in [-0.15, -0.1) is 0 Å². The maximum absolute atomic E-state index is 11.0. The number of hydrogen-bond donors (Lipinski definition) is 0. The Morgan fingerprint density at radius 1 is 1.50 bits per heavy atom. The maximum Gasteiger partial charge on any atom is 0.311 e. The number of pyridine rings is 1. The number of esters is 1. The molecule has 0 unspecified atom stereocenters. The first-order valence-electron chi connectivity index (χ1n) is 4.69. The van der Waals surface area contributed by atoms with E-state index in [0.717, 1.165) is 17.8 Å². The molecule has 0 saturated heterocycles. The fraction of sp³-hybridized carbons (Fsp3) is 0.455. The molecular weight excluding hydrogens is 178 g/mol. The van der Waals surface area contributed by atoms with Crippen LogP contribution in [-0.4, -0.2) is 18.1 Å². The van der Waals surface area contributed by atoms with Gasteiger partial charge in [0.05, 0.1) is 19.2 Å². The van der Waals surface area contributed by atoms with Crippen LogP contribution in [0.2, 0.25) is 0 Å². The molecule has 0 saturated carbocycles. The van der Waals surface area contributed by atoms with Crippen LogP contribution in [0.1, 0.15) is 23.9 Å². The van der Waals surface area contributed by atoms with Crippen molar-refractivity contribution in [1.82, 2.24) is 4.98 Å². The lowest BCUT2D eigenvalue weighted by molar-refractivity contribution is -0.139. The van der Waals surface area contributed by atoms with Crippen LogP contribution in [0.15, 0.2) is 12.1 Å². The van der Waals surface area contributed by atoms with Crippen molar-refractivity contribution in [2.24, 2.45) is 0 Å². The molecule has 14 heavy (non-hydrogen) atoms. The van der Waals surface area contributed by atoms with Gasteiger partial charge in [0, 0.05) is 5.69 Å². The molecule has 76 valence electrons. The standard InChI is InChI=1S/C11H15NO2/c1-4-9-5-8(2)12-10(6-9)7-11(13)14-3/h5-6H,4,7H2,1-3H3. The fourth-order valence-electron chi connectivity index (χ4n) is 1.33. The van der Waals surface area contributed by atoms with Crippen molar-refractivity contribution in [1.29, 1.82) is 0 Å². The molecule has 0 spiro atoms. The molecule has 0 aliphatic heterocycles. The minimum atomic E-state index is -0.245. The van der Waals surface area contributed by atoms with Crippen molar-refractivity contribution in [3.63, 3.8) is 0 Å². The molecule has 0 fully saturated rings. The smallest absolute Gasteiger partial charge is 0.311 e. The van der Waals surface area contributed by atoms with E-state index in [1.165, 1.54) is 12.7 Å². The lowest BCUT2D eigenvalue weighted by Gasteiger charge is -2.04. The third kappa shape index (κ3) is 2.83. The zero-order valence-corrected chi connectivity index (χ0v) is 8.83. The molecule has 0 radical (unpaired) electrons. The second-order valence-corrected chi connectivity index (χ2v) is 3.21. The molecule has 0 aliphatic rings. The highest BCUT2D eigenvalue weighted by Gasteiger charge is 2.05. The van der Waals surface area contributed by atoms with Crippen LogP contribution in [0.25, 0.3) is 0 Å². The molecule has 0 atom stereocenters. The topological polar surface area (TPSA) is 39.2 Å². The Balaban J connectivity index is 2.86. The average molecular weight is 193 g/mol. The summed E-state index contributed by atoms with van der Waals surface area (Å²) in [5.74, 6) is -0.245. The number of methoxy groups -OCH3 is 1. The molecule has 0 aromatic carbocycles. The zero-order chi connectivity index (χ0) is 10.6. The summed E-state index contributed by atoms with van der Waals surface area (Å²) in [6.07, 6.45) is 1.21. The minimum Gasteiger partial charge on any atom is -0.469 e. The summed E-state index contributed by atoms with van der Waals surface area (Å²) in [4.78, 5) is 15.3. The Morgan fingerprint density at radius 3 is 2.79 bits per heavy atom. The molecule has 1 aromatic rings. The van der Waals surface area contributed by atoms with E-state index >= 15 is 0 Å². The summed E-state index contributed by atoms with van der Waals surface area (Å²) in [7, 11) is 1.39. The normalized spacial score (nSPS) is 9.93. The second kappa shape index (κ2) is 4.74. The predicted octanol–water partition coefficient (Wildman–Crippen LogP) is 1.67. The molecule has 3 heteroatoms. The summed E-state index contributed by atoms with van der Waals surface area (Å²) in [5.41, 5.74) is 2.94. The molecule has 0 N–H and O–H groups in total. The van der Waals surface area contributed by atoms with Crippen LogP contribution >= 0.6 is 0 Å². The van der Waals surface area contributed by atoms with Gasteiger partial charge in [0.1, 0.15) is 0 Å². The van der Waals surface area contributed by atoms with Gasteiger partial charge >= 0.3 is 5.97 Å². The summed E-state index contributed by atoms with van der Waals surface area (Å²) in [5, 5.41) is 0. The number of carbonyl (C=O) groups is 1. The van der Waals surface area contributed by atoms with Crippen molar-refractivity contribution in [2.45, 2.75) is 26.7 Å². The van der Waals surface area contributed by atoms with E-state index in [9.17, 15) is 4.79 Å². The molecule has 0 bridgehead atoms.